The maximum atomic E-state index is 15.4. The fourth-order valence-electron chi connectivity index (χ4n) is 4.38. The van der Waals surface area contributed by atoms with Gasteiger partial charge in [0, 0.05) is 35.1 Å². The molecule has 0 bridgehead atoms. The number of halogens is 2. The van der Waals surface area contributed by atoms with Gasteiger partial charge in [-0.1, -0.05) is 32.1 Å². The first-order valence-corrected chi connectivity index (χ1v) is 12.6. The minimum Gasteiger partial charge on any atom is -0.383 e. The Bertz CT molecular complexity index is 1560. The van der Waals surface area contributed by atoms with Crippen molar-refractivity contribution in [2.75, 3.05) is 17.2 Å². The zero-order valence-corrected chi connectivity index (χ0v) is 22.1. The quantitative estimate of drug-likeness (QED) is 0.297. The van der Waals surface area contributed by atoms with E-state index in [2.05, 4.69) is 64.7 Å². The number of rotatable bonds is 7. The van der Waals surface area contributed by atoms with E-state index in [0.29, 0.717) is 45.8 Å². The van der Waals surface area contributed by atoms with Gasteiger partial charge in [-0.05, 0) is 50.3 Å². The second kappa shape index (κ2) is 9.31. The average molecular weight is 517 g/mol. The molecule has 3 aromatic heterocycles. The van der Waals surface area contributed by atoms with E-state index in [-0.39, 0.29) is 16.5 Å². The molecule has 1 saturated carbocycles. The van der Waals surface area contributed by atoms with Gasteiger partial charge in [0.1, 0.15) is 17.3 Å². The summed E-state index contributed by atoms with van der Waals surface area (Å²) < 4.78 is 31.1. The van der Waals surface area contributed by atoms with Gasteiger partial charge in [0.2, 0.25) is 5.95 Å². The molecule has 1 aliphatic carbocycles. The Morgan fingerprint density at radius 1 is 1.21 bits per heavy atom. The predicted octanol–water partition coefficient (Wildman–Crippen LogP) is 5.85. The number of nitrogens with zero attached hydrogens (tertiary/aromatic N) is 6. The number of aryl methyl sites for hydroxylation is 1. The minimum atomic E-state index is -0.583. The van der Waals surface area contributed by atoms with Gasteiger partial charge in [0.15, 0.2) is 5.82 Å². The van der Waals surface area contributed by atoms with E-state index in [1.165, 1.54) is 18.3 Å². The molecule has 0 aliphatic heterocycles. The van der Waals surface area contributed by atoms with Crippen molar-refractivity contribution in [2.24, 2.45) is 5.41 Å². The summed E-state index contributed by atoms with van der Waals surface area (Å²) in [4.78, 5) is 8.20. The van der Waals surface area contributed by atoms with E-state index < -0.39 is 17.8 Å². The lowest BCUT2D eigenvalue weighted by Gasteiger charge is -2.22. The van der Waals surface area contributed by atoms with Crippen LogP contribution in [0.4, 0.5) is 20.2 Å². The summed E-state index contributed by atoms with van der Waals surface area (Å²) in [5, 5.41) is 25.7. The van der Waals surface area contributed by atoms with Gasteiger partial charge >= 0.3 is 0 Å². The van der Waals surface area contributed by atoms with Crippen molar-refractivity contribution in [1.82, 2.24) is 25.0 Å². The van der Waals surface area contributed by atoms with Gasteiger partial charge in [-0.15, -0.1) is 5.10 Å². The zero-order chi connectivity index (χ0) is 27.2. The summed E-state index contributed by atoms with van der Waals surface area (Å²) in [6, 6.07) is 7.66. The van der Waals surface area contributed by atoms with Crippen molar-refractivity contribution in [2.45, 2.75) is 59.0 Å². The number of hydrogen-bond donors (Lipinski definition) is 2. The van der Waals surface area contributed by atoms with Gasteiger partial charge < -0.3 is 10.6 Å². The summed E-state index contributed by atoms with van der Waals surface area (Å²) in [7, 11) is 0. The number of pyridine rings is 2. The molecule has 10 heteroatoms. The van der Waals surface area contributed by atoms with Gasteiger partial charge in [0.05, 0.1) is 29.0 Å². The molecule has 3 heterocycles. The highest BCUT2D eigenvalue weighted by atomic mass is 19.1. The largest absolute Gasteiger partial charge is 0.383 e. The summed E-state index contributed by atoms with van der Waals surface area (Å²) in [5.41, 5.74) is 3.11. The Kier molecular flexibility index (Phi) is 6.25. The topological polar surface area (TPSA) is 104 Å². The fourth-order valence-corrected chi connectivity index (χ4v) is 4.38. The van der Waals surface area contributed by atoms with Crippen LogP contribution in [0.25, 0.3) is 10.9 Å². The molecule has 0 spiro atoms. The lowest BCUT2D eigenvalue weighted by Crippen LogP contribution is -2.20. The highest BCUT2D eigenvalue weighted by Crippen LogP contribution is 2.42. The molecule has 4 aromatic rings. The van der Waals surface area contributed by atoms with E-state index in [1.54, 1.807) is 19.1 Å². The molecular weight excluding hydrogens is 486 g/mol. The Labute approximate surface area is 220 Å². The number of hydrogen-bond acceptors (Lipinski definition) is 7. The van der Waals surface area contributed by atoms with Crippen LogP contribution in [0.1, 0.15) is 69.1 Å². The van der Waals surface area contributed by atoms with Crippen molar-refractivity contribution >= 4 is 22.3 Å². The SMILES string of the molecule is Cc1nc(F)ccc1C(Nc1cc(F)c2ncc(C#N)c(NCC(C)(C)C)c2c1)c1cn(C2(C)CC2)nn1. The number of anilines is 2. The van der Waals surface area contributed by atoms with Gasteiger partial charge in [0.25, 0.3) is 0 Å². The highest BCUT2D eigenvalue weighted by Gasteiger charge is 2.41. The van der Waals surface area contributed by atoms with Crippen LogP contribution in [0.3, 0.4) is 0 Å². The second-order valence-electron chi connectivity index (χ2n) is 11.4. The van der Waals surface area contributed by atoms with E-state index in [0.717, 1.165) is 12.8 Å². The Morgan fingerprint density at radius 2 is 1.97 bits per heavy atom. The molecule has 1 atom stereocenters. The van der Waals surface area contributed by atoms with E-state index in [1.807, 2.05) is 10.9 Å². The number of nitriles is 1. The van der Waals surface area contributed by atoms with Crippen molar-refractivity contribution < 1.29 is 8.78 Å². The minimum absolute atomic E-state index is 0.0616. The van der Waals surface area contributed by atoms with Crippen LogP contribution in [-0.4, -0.2) is 31.5 Å². The van der Waals surface area contributed by atoms with Crippen LogP contribution >= 0.6 is 0 Å². The van der Waals surface area contributed by atoms with Crippen molar-refractivity contribution in [3.63, 3.8) is 0 Å². The Morgan fingerprint density at radius 3 is 2.63 bits per heavy atom. The number of benzene rings is 1. The molecule has 0 saturated heterocycles. The molecule has 0 radical (unpaired) electrons. The Balaban J connectivity index is 1.60. The zero-order valence-electron chi connectivity index (χ0n) is 22.1. The Hall–Kier alpha value is -4.13. The summed E-state index contributed by atoms with van der Waals surface area (Å²) in [5.74, 6) is -1.12. The third kappa shape index (κ3) is 5.01. The molecule has 2 N–H and O–H groups in total. The molecular formula is C28H30F2N8. The second-order valence-corrected chi connectivity index (χ2v) is 11.4. The predicted molar refractivity (Wildman–Crippen MR) is 142 cm³/mol. The van der Waals surface area contributed by atoms with E-state index in [4.69, 9.17) is 0 Å². The van der Waals surface area contributed by atoms with Crippen LogP contribution in [0.2, 0.25) is 0 Å². The summed E-state index contributed by atoms with van der Waals surface area (Å²) in [6.07, 6.45) is 5.28. The first-order chi connectivity index (χ1) is 18.0. The monoisotopic (exact) mass is 516 g/mol. The summed E-state index contributed by atoms with van der Waals surface area (Å²) in [6.45, 7) is 10.6. The number of fused-ring (bicyclic) bond motifs is 1. The van der Waals surface area contributed by atoms with Crippen LogP contribution in [0.5, 0.6) is 0 Å². The fraction of sp³-hybridized carbons (Fsp3) is 0.393. The third-order valence-electron chi connectivity index (χ3n) is 6.89. The normalized spacial score (nSPS) is 15.2. The van der Waals surface area contributed by atoms with Crippen LogP contribution in [-0.2, 0) is 5.54 Å². The smallest absolute Gasteiger partial charge is 0.213 e. The molecule has 1 aromatic carbocycles. The lowest BCUT2D eigenvalue weighted by molar-refractivity contribution is 0.443. The van der Waals surface area contributed by atoms with Crippen LogP contribution in [0, 0.1) is 35.4 Å². The third-order valence-corrected chi connectivity index (χ3v) is 6.89. The van der Waals surface area contributed by atoms with Crippen molar-refractivity contribution in [3.8, 4) is 6.07 Å². The number of nitrogens with one attached hydrogen (secondary N) is 2. The average Bonchev–Trinajstić information content (AvgIpc) is 3.40. The molecule has 1 fully saturated rings. The molecule has 196 valence electrons. The maximum absolute atomic E-state index is 15.4. The molecule has 1 aliphatic rings. The van der Waals surface area contributed by atoms with Gasteiger partial charge in [-0.3, -0.25) is 4.98 Å². The van der Waals surface area contributed by atoms with Crippen molar-refractivity contribution in [3.05, 3.63) is 70.9 Å². The first-order valence-electron chi connectivity index (χ1n) is 12.6. The highest BCUT2D eigenvalue weighted by molar-refractivity contribution is 5.96. The van der Waals surface area contributed by atoms with Crippen molar-refractivity contribution in [1.29, 1.82) is 5.26 Å². The molecule has 0 amide bonds. The summed E-state index contributed by atoms with van der Waals surface area (Å²) >= 11 is 0. The first kappa shape index (κ1) is 25.5. The van der Waals surface area contributed by atoms with Gasteiger partial charge in [-0.25, -0.2) is 14.1 Å². The van der Waals surface area contributed by atoms with Crippen LogP contribution in [0.15, 0.2) is 36.7 Å². The molecule has 1 unspecified atom stereocenters. The molecule has 8 nitrogen and oxygen atoms in total. The molecule has 5 rings (SSSR count). The van der Waals surface area contributed by atoms with Crippen LogP contribution < -0.4 is 10.6 Å². The number of aromatic nitrogens is 5. The standard InChI is InChI=1S/C28H30F2N8/c1-16-19(6-7-23(30)34-16)26(22-14-38(37-36-22)28(5)8-9-28)35-18-10-20-24(33-15-27(2,3)4)17(12-31)13-32-25(20)21(29)11-18/h6-7,10-11,13-14,26,35H,8-9,15H2,1-5H3,(H,32,33). The van der Waals surface area contributed by atoms with E-state index in [9.17, 15) is 9.65 Å². The maximum Gasteiger partial charge on any atom is 0.213 e. The molecule has 38 heavy (non-hydrogen) atoms. The van der Waals surface area contributed by atoms with E-state index >= 15 is 4.39 Å². The van der Waals surface area contributed by atoms with Gasteiger partial charge in [-0.2, -0.15) is 9.65 Å². The lowest BCUT2D eigenvalue weighted by atomic mass is 9.96.